The molecule has 0 unspecified atom stereocenters. The van der Waals surface area contributed by atoms with Crippen LogP contribution in [0.2, 0.25) is 0 Å². The molecule has 25 heavy (non-hydrogen) atoms. The highest BCUT2D eigenvalue weighted by atomic mass is 16.4. The number of fused-ring (bicyclic) bond motifs is 2. The molecule has 1 aliphatic heterocycles. The van der Waals surface area contributed by atoms with Crippen molar-refractivity contribution in [2.45, 2.75) is 32.7 Å². The van der Waals surface area contributed by atoms with Gasteiger partial charge in [0.2, 0.25) is 0 Å². The summed E-state index contributed by atoms with van der Waals surface area (Å²) in [7, 11) is 0. The van der Waals surface area contributed by atoms with Crippen LogP contribution in [0.5, 0.6) is 0 Å². The van der Waals surface area contributed by atoms with Gasteiger partial charge in [0, 0.05) is 30.8 Å². The topological polar surface area (TPSA) is 85.4 Å². The highest BCUT2D eigenvalue weighted by Crippen LogP contribution is 2.48. The van der Waals surface area contributed by atoms with Gasteiger partial charge in [-0.1, -0.05) is 12.5 Å². The summed E-state index contributed by atoms with van der Waals surface area (Å²) in [6.07, 6.45) is 2.53. The van der Waals surface area contributed by atoms with Crippen LogP contribution in [0.1, 0.15) is 30.5 Å². The molecule has 1 aromatic carbocycles. The summed E-state index contributed by atoms with van der Waals surface area (Å²) < 4.78 is 0. The molecule has 0 spiro atoms. The van der Waals surface area contributed by atoms with Gasteiger partial charge in [0.25, 0.3) is 0 Å². The number of aryl methyl sites for hydroxylation is 1. The van der Waals surface area contributed by atoms with Crippen molar-refractivity contribution in [1.82, 2.24) is 15.2 Å². The first-order chi connectivity index (χ1) is 12.0. The van der Waals surface area contributed by atoms with E-state index in [0.29, 0.717) is 26.1 Å². The summed E-state index contributed by atoms with van der Waals surface area (Å²) in [6, 6.07) is 8.00. The molecular formula is C19H23N3O3. The molecule has 1 aliphatic carbocycles. The average Bonchev–Trinajstić information content (AvgIpc) is 3.22. The molecule has 2 amide bonds. The maximum atomic E-state index is 12.5. The number of nitrogens with zero attached hydrogens (tertiary/aromatic N) is 1. The predicted octanol–water partition coefficient (Wildman–Crippen LogP) is 2.87. The van der Waals surface area contributed by atoms with E-state index in [4.69, 9.17) is 0 Å². The molecule has 1 saturated heterocycles. The summed E-state index contributed by atoms with van der Waals surface area (Å²) in [5.41, 5.74) is 2.51. The number of carboxylic acid groups (broad SMARTS) is 1. The van der Waals surface area contributed by atoms with Crippen molar-refractivity contribution in [3.05, 3.63) is 35.5 Å². The molecule has 3 N–H and O–H groups in total. The lowest BCUT2D eigenvalue weighted by molar-refractivity contribution is -0.149. The van der Waals surface area contributed by atoms with Crippen LogP contribution in [0.3, 0.4) is 0 Å². The summed E-state index contributed by atoms with van der Waals surface area (Å²) in [5, 5.41) is 13.7. The first kappa shape index (κ1) is 16.0. The number of aliphatic carboxylic acids is 1. The Bertz CT molecular complexity index is 844. The number of aromatic nitrogens is 1. The minimum absolute atomic E-state index is 0.0925. The van der Waals surface area contributed by atoms with Crippen LogP contribution in [0, 0.1) is 18.3 Å². The number of urea groups is 1. The fourth-order valence-corrected chi connectivity index (χ4v) is 4.52. The maximum Gasteiger partial charge on any atom is 0.317 e. The Balaban J connectivity index is 1.41. The Morgan fingerprint density at radius 1 is 1.40 bits per heavy atom. The zero-order valence-corrected chi connectivity index (χ0v) is 14.3. The molecule has 4 rings (SSSR count). The number of hydrogen-bond acceptors (Lipinski definition) is 2. The van der Waals surface area contributed by atoms with Gasteiger partial charge in [-0.05, 0) is 54.8 Å². The molecule has 2 aliphatic rings. The molecule has 2 fully saturated rings. The normalized spacial score (nSPS) is 25.3. The number of likely N-dealkylation sites (tertiary alicyclic amines) is 1. The highest BCUT2D eigenvalue weighted by molar-refractivity contribution is 5.82. The third-order valence-electron chi connectivity index (χ3n) is 5.85. The highest BCUT2D eigenvalue weighted by Gasteiger charge is 2.55. The number of hydrogen-bond donors (Lipinski definition) is 3. The number of benzene rings is 1. The Morgan fingerprint density at radius 2 is 2.24 bits per heavy atom. The molecule has 6 heteroatoms. The molecule has 2 aromatic rings. The summed E-state index contributed by atoms with van der Waals surface area (Å²) in [4.78, 5) is 29.2. The van der Waals surface area contributed by atoms with Crippen molar-refractivity contribution >= 4 is 22.9 Å². The summed E-state index contributed by atoms with van der Waals surface area (Å²) in [5.74, 6) is -0.659. The van der Waals surface area contributed by atoms with Crippen molar-refractivity contribution in [3.63, 3.8) is 0 Å². The van der Waals surface area contributed by atoms with E-state index in [1.165, 1.54) is 0 Å². The zero-order chi connectivity index (χ0) is 17.6. The van der Waals surface area contributed by atoms with Gasteiger partial charge in [0.1, 0.15) is 0 Å². The first-order valence-electron chi connectivity index (χ1n) is 8.82. The van der Waals surface area contributed by atoms with E-state index >= 15 is 0 Å². The van der Waals surface area contributed by atoms with Crippen LogP contribution in [0.4, 0.5) is 4.79 Å². The quantitative estimate of drug-likeness (QED) is 0.802. The van der Waals surface area contributed by atoms with Crippen LogP contribution in [0.15, 0.2) is 24.3 Å². The van der Waals surface area contributed by atoms with Gasteiger partial charge >= 0.3 is 12.0 Å². The summed E-state index contributed by atoms with van der Waals surface area (Å²) in [6.45, 7) is 3.34. The van der Waals surface area contributed by atoms with E-state index < -0.39 is 11.4 Å². The van der Waals surface area contributed by atoms with Gasteiger partial charge in [-0.3, -0.25) is 4.79 Å². The van der Waals surface area contributed by atoms with Gasteiger partial charge in [0.15, 0.2) is 0 Å². The number of nitrogens with one attached hydrogen (secondary N) is 2. The van der Waals surface area contributed by atoms with E-state index in [9.17, 15) is 14.7 Å². The second-order valence-corrected chi connectivity index (χ2v) is 7.46. The zero-order valence-electron chi connectivity index (χ0n) is 14.3. The maximum absolute atomic E-state index is 12.5. The number of amides is 2. The molecule has 1 aromatic heterocycles. The van der Waals surface area contributed by atoms with E-state index in [1.807, 2.05) is 19.1 Å². The molecule has 6 nitrogen and oxygen atoms in total. The Labute approximate surface area is 146 Å². The van der Waals surface area contributed by atoms with Crippen LogP contribution in [-0.4, -0.2) is 40.1 Å². The Hall–Kier alpha value is -2.50. The third-order valence-corrected chi connectivity index (χ3v) is 5.85. The second kappa shape index (κ2) is 5.79. The van der Waals surface area contributed by atoms with Crippen LogP contribution < -0.4 is 5.32 Å². The van der Waals surface area contributed by atoms with Crippen molar-refractivity contribution in [1.29, 1.82) is 0 Å². The third kappa shape index (κ3) is 2.65. The number of H-pyrrole nitrogens is 1. The lowest BCUT2D eigenvalue weighted by Crippen LogP contribution is -2.41. The molecule has 0 bridgehead atoms. The van der Waals surface area contributed by atoms with Gasteiger partial charge in [-0.2, -0.15) is 0 Å². The fourth-order valence-electron chi connectivity index (χ4n) is 4.52. The number of carbonyl (C=O) groups is 2. The van der Waals surface area contributed by atoms with Crippen molar-refractivity contribution in [2.75, 3.05) is 13.1 Å². The van der Waals surface area contributed by atoms with Gasteiger partial charge in [-0.25, -0.2) is 4.79 Å². The van der Waals surface area contributed by atoms with Gasteiger partial charge < -0.3 is 20.3 Å². The standard InChI is InChI=1S/C19H23N3O3/c1-12-7-14-8-13(4-5-16(14)21-12)9-20-18(25)22-10-15-3-2-6-19(15,11-22)17(23)24/h4-5,7-8,15,21H,2-3,6,9-11H2,1H3,(H,20,25)(H,23,24)/t15-,19+/m0/s1. The molecule has 132 valence electrons. The van der Waals surface area contributed by atoms with E-state index in [0.717, 1.165) is 35.0 Å². The molecule has 0 radical (unpaired) electrons. The van der Waals surface area contributed by atoms with E-state index in [2.05, 4.69) is 22.4 Å². The minimum atomic E-state index is -0.751. The number of carboxylic acids is 1. The molecule has 1 saturated carbocycles. The molecular weight excluding hydrogens is 318 g/mol. The van der Waals surface area contributed by atoms with Crippen molar-refractivity contribution in [2.24, 2.45) is 11.3 Å². The van der Waals surface area contributed by atoms with Gasteiger partial charge in [0.05, 0.1) is 5.41 Å². The minimum Gasteiger partial charge on any atom is -0.481 e. The number of aromatic amines is 1. The largest absolute Gasteiger partial charge is 0.481 e. The van der Waals surface area contributed by atoms with Crippen LogP contribution >= 0.6 is 0 Å². The monoisotopic (exact) mass is 341 g/mol. The first-order valence-corrected chi connectivity index (χ1v) is 8.82. The van der Waals surface area contributed by atoms with Crippen LogP contribution in [0.25, 0.3) is 10.9 Å². The molecule has 2 heterocycles. The van der Waals surface area contributed by atoms with Crippen molar-refractivity contribution in [3.8, 4) is 0 Å². The SMILES string of the molecule is Cc1cc2cc(CNC(=O)N3C[C@@H]4CCC[C@@]4(C(=O)O)C3)ccc2[nH]1. The number of rotatable bonds is 3. The Morgan fingerprint density at radius 3 is 3.00 bits per heavy atom. The second-order valence-electron chi connectivity index (χ2n) is 7.46. The lowest BCUT2D eigenvalue weighted by Gasteiger charge is -2.23. The van der Waals surface area contributed by atoms with Crippen LogP contribution in [-0.2, 0) is 11.3 Å². The summed E-state index contributed by atoms with van der Waals surface area (Å²) >= 11 is 0. The molecule has 2 atom stereocenters. The Kier molecular flexibility index (Phi) is 3.71. The van der Waals surface area contributed by atoms with E-state index in [1.54, 1.807) is 4.90 Å². The van der Waals surface area contributed by atoms with Gasteiger partial charge in [-0.15, -0.1) is 0 Å². The smallest absolute Gasteiger partial charge is 0.317 e. The fraction of sp³-hybridized carbons (Fsp3) is 0.474. The lowest BCUT2D eigenvalue weighted by atomic mass is 9.81. The van der Waals surface area contributed by atoms with Crippen molar-refractivity contribution < 1.29 is 14.7 Å². The predicted molar refractivity (Wildman–Crippen MR) is 94.3 cm³/mol. The average molecular weight is 341 g/mol. The number of carbonyl (C=O) groups excluding carboxylic acids is 1. The van der Waals surface area contributed by atoms with E-state index in [-0.39, 0.29) is 11.9 Å².